The Morgan fingerprint density at radius 1 is 1.73 bits per heavy atom. The first-order valence-electron chi connectivity index (χ1n) is 2.60. The van der Waals surface area contributed by atoms with Crippen molar-refractivity contribution in [2.24, 2.45) is 5.14 Å². The Kier molecular flexibility index (Phi) is 2.42. The molecule has 0 saturated heterocycles. The Labute approximate surface area is 64.3 Å². The summed E-state index contributed by atoms with van der Waals surface area (Å²) in [5.74, 6) is 0. The van der Waals surface area contributed by atoms with E-state index in [1.54, 1.807) is 0 Å². The van der Waals surface area contributed by atoms with E-state index >= 15 is 0 Å². The highest BCUT2D eigenvalue weighted by Crippen LogP contribution is 2.10. The van der Waals surface area contributed by atoms with E-state index in [1.165, 1.54) is 6.07 Å². The highest BCUT2D eigenvalue weighted by atomic mass is 32.2. The Morgan fingerprint density at radius 2 is 2.36 bits per heavy atom. The van der Waals surface area contributed by atoms with Crippen LogP contribution in [0.1, 0.15) is 6.55 Å². The van der Waals surface area contributed by atoms with Gasteiger partial charge in [0.25, 0.3) is 5.03 Å². The van der Waals surface area contributed by atoms with Gasteiger partial charge in [0.1, 0.15) is 0 Å². The predicted octanol–water partition coefficient (Wildman–Crippen LogP) is 0.260. The maximum atomic E-state index is 11.8. The van der Waals surface area contributed by atoms with Crippen molar-refractivity contribution in [2.75, 3.05) is 0 Å². The summed E-state index contributed by atoms with van der Waals surface area (Å²) in [7, 11) is 0. The molecule has 0 aliphatic rings. The van der Waals surface area contributed by atoms with Crippen LogP contribution in [0, 0.1) is 0 Å². The zero-order valence-corrected chi connectivity index (χ0v) is 6.09. The lowest BCUT2D eigenvalue weighted by Crippen LogP contribution is -2.13. The lowest BCUT2D eigenvalue weighted by atomic mass is 10.7. The highest BCUT2D eigenvalue weighted by Gasteiger charge is 2.13. The van der Waals surface area contributed by atoms with E-state index in [9.17, 15) is 13.3 Å². The third-order valence-electron chi connectivity index (χ3n) is 0.990. The molecule has 0 bridgehead atoms. The van der Waals surface area contributed by atoms with Crippen LogP contribution in [0.2, 0.25) is 0 Å². The lowest BCUT2D eigenvalue weighted by molar-refractivity contribution is 0.0553. The van der Waals surface area contributed by atoms with Crippen molar-refractivity contribution in [1.82, 2.24) is 9.78 Å². The van der Waals surface area contributed by atoms with Gasteiger partial charge in [0.05, 0.1) is 11.4 Å². The first kappa shape index (κ1) is 8.44. The van der Waals surface area contributed by atoms with Crippen LogP contribution in [0.4, 0.5) is 8.78 Å². The minimum absolute atomic E-state index is 0.0506. The number of hydrogen-bond acceptors (Lipinski definition) is 3. The van der Waals surface area contributed by atoms with Gasteiger partial charge in [-0.3, -0.25) is 0 Å². The fourth-order valence-corrected chi connectivity index (χ4v) is 0.906. The molecule has 0 radical (unpaired) electrons. The molecular weight excluding hydrogens is 176 g/mol. The molecule has 0 amide bonds. The molecule has 1 rings (SSSR count). The Morgan fingerprint density at radius 3 is 2.64 bits per heavy atom. The molecule has 0 saturated carbocycles. The quantitative estimate of drug-likeness (QED) is 0.665. The third kappa shape index (κ3) is 1.88. The topological polar surface area (TPSA) is 66.9 Å². The molecule has 0 aliphatic heterocycles. The summed E-state index contributed by atoms with van der Waals surface area (Å²) in [5.41, 5.74) is 0. The van der Waals surface area contributed by atoms with Gasteiger partial charge in [-0.1, -0.05) is 0 Å². The summed E-state index contributed by atoms with van der Waals surface area (Å²) >= 11 is -1.79. The number of nitrogens with zero attached hydrogens (tertiary/aromatic N) is 2. The Hall–Kier alpha value is -0.660. The maximum Gasteiger partial charge on any atom is 0.333 e. The molecule has 1 aromatic rings. The second kappa shape index (κ2) is 3.16. The monoisotopic (exact) mass is 181 g/mol. The highest BCUT2D eigenvalue weighted by molar-refractivity contribution is 7.89. The van der Waals surface area contributed by atoms with Gasteiger partial charge < -0.3 is 4.55 Å². The molecule has 0 aliphatic carbocycles. The van der Waals surface area contributed by atoms with Crippen LogP contribution < -0.4 is 5.14 Å². The van der Waals surface area contributed by atoms with Gasteiger partial charge in [0.15, 0.2) is 0 Å². The summed E-state index contributed by atoms with van der Waals surface area (Å²) in [6.07, 6.45) is 1.02. The smallest absolute Gasteiger partial charge is 0.333 e. The maximum absolute atomic E-state index is 11.8. The van der Waals surface area contributed by atoms with Crippen LogP contribution >= 0.6 is 0 Å². The fourth-order valence-electron chi connectivity index (χ4n) is 0.537. The van der Waals surface area contributed by atoms with E-state index in [0.29, 0.717) is 4.68 Å². The number of aromatic nitrogens is 2. The Bertz CT molecular complexity index is 216. The van der Waals surface area contributed by atoms with E-state index in [-0.39, 0.29) is 5.03 Å². The average molecular weight is 181 g/mol. The minimum Gasteiger partial charge on any atom is -0.592 e. The molecule has 1 heterocycles. The van der Waals surface area contributed by atoms with E-state index in [4.69, 9.17) is 5.14 Å². The van der Waals surface area contributed by atoms with Gasteiger partial charge in [0, 0.05) is 12.3 Å². The summed E-state index contributed by atoms with van der Waals surface area (Å²) in [4.78, 5) is 0. The second-order valence-electron chi connectivity index (χ2n) is 1.71. The van der Waals surface area contributed by atoms with E-state index < -0.39 is 17.9 Å². The Balaban J connectivity index is 2.82. The van der Waals surface area contributed by atoms with Gasteiger partial charge >= 0.3 is 6.55 Å². The molecule has 0 fully saturated rings. The molecular formula is C4H5F2N3OS. The van der Waals surface area contributed by atoms with Crippen molar-refractivity contribution >= 4 is 11.4 Å². The molecule has 11 heavy (non-hydrogen) atoms. The molecule has 1 unspecified atom stereocenters. The lowest BCUT2D eigenvalue weighted by Gasteiger charge is -1.97. The summed E-state index contributed by atoms with van der Waals surface area (Å²) in [6.45, 7) is -2.72. The van der Waals surface area contributed by atoms with E-state index in [1.807, 2.05) is 0 Å². The molecule has 0 spiro atoms. The van der Waals surface area contributed by atoms with Gasteiger partial charge in [-0.25, -0.2) is 4.68 Å². The number of nitrogens with two attached hydrogens (primary N) is 1. The van der Waals surface area contributed by atoms with Crippen molar-refractivity contribution in [1.29, 1.82) is 0 Å². The predicted molar refractivity (Wildman–Crippen MR) is 34.1 cm³/mol. The van der Waals surface area contributed by atoms with Gasteiger partial charge in [0.2, 0.25) is 0 Å². The van der Waals surface area contributed by atoms with Crippen LogP contribution in [-0.4, -0.2) is 14.3 Å². The zero-order valence-electron chi connectivity index (χ0n) is 5.28. The number of rotatable bonds is 2. The van der Waals surface area contributed by atoms with Crippen LogP contribution in [0.3, 0.4) is 0 Å². The van der Waals surface area contributed by atoms with Crippen LogP contribution in [-0.2, 0) is 11.4 Å². The van der Waals surface area contributed by atoms with E-state index in [2.05, 4.69) is 5.10 Å². The van der Waals surface area contributed by atoms with Crippen molar-refractivity contribution in [3.63, 3.8) is 0 Å². The molecule has 0 aromatic carbocycles. The first-order valence-corrected chi connectivity index (χ1v) is 3.82. The second-order valence-corrected chi connectivity index (χ2v) is 2.72. The van der Waals surface area contributed by atoms with Crippen LogP contribution in [0.25, 0.3) is 0 Å². The van der Waals surface area contributed by atoms with Crippen molar-refractivity contribution < 1.29 is 13.3 Å². The summed E-state index contributed by atoms with van der Waals surface area (Å²) in [5, 5.41) is 8.08. The van der Waals surface area contributed by atoms with Crippen LogP contribution in [0.15, 0.2) is 17.3 Å². The third-order valence-corrected chi connectivity index (χ3v) is 1.62. The fraction of sp³-hybridized carbons (Fsp3) is 0.250. The van der Waals surface area contributed by atoms with Gasteiger partial charge in [-0.2, -0.15) is 8.78 Å². The van der Waals surface area contributed by atoms with Crippen molar-refractivity contribution in [3.8, 4) is 0 Å². The van der Waals surface area contributed by atoms with Crippen LogP contribution in [0.5, 0.6) is 0 Å². The SMILES string of the molecule is N[S+]([O-])c1ccn(C(F)F)n1. The normalized spacial score (nSPS) is 13.9. The molecule has 1 aromatic heterocycles. The van der Waals surface area contributed by atoms with Gasteiger partial charge in [-0.15, -0.1) is 10.2 Å². The van der Waals surface area contributed by atoms with E-state index in [0.717, 1.165) is 6.20 Å². The largest absolute Gasteiger partial charge is 0.592 e. The van der Waals surface area contributed by atoms with Gasteiger partial charge in [-0.05, 0) is 0 Å². The molecule has 62 valence electrons. The minimum atomic E-state index is -2.72. The van der Waals surface area contributed by atoms with Crippen molar-refractivity contribution in [2.45, 2.75) is 11.6 Å². The number of halogens is 2. The number of alkyl halides is 2. The summed E-state index contributed by atoms with van der Waals surface area (Å²) in [6, 6.07) is 1.18. The molecule has 1 atom stereocenters. The standard InChI is InChI=1S/C4H5F2N3OS/c5-4(6)9-2-1-3(8-9)11(7)10/h1-2,4H,7H2. The molecule has 7 heteroatoms. The zero-order chi connectivity index (χ0) is 8.43. The summed E-state index contributed by atoms with van der Waals surface area (Å²) < 4.78 is 34.4. The molecule has 2 N–H and O–H groups in total. The number of hydrogen-bond donors (Lipinski definition) is 1. The average Bonchev–Trinajstić information content (AvgIpc) is 2.33. The first-order chi connectivity index (χ1) is 5.11. The molecule has 4 nitrogen and oxygen atoms in total. The van der Waals surface area contributed by atoms with Crippen molar-refractivity contribution in [3.05, 3.63) is 12.3 Å².